The summed E-state index contributed by atoms with van der Waals surface area (Å²) in [7, 11) is -3.45. The first kappa shape index (κ1) is 17.6. The van der Waals surface area contributed by atoms with E-state index >= 15 is 0 Å². The Labute approximate surface area is 145 Å². The SMILES string of the molecule is O=C(NCC1(C(=O)O)CCOCC1)C1=CN2CCS(=O)(=O)N=C2C=C1. The molecule has 25 heavy (non-hydrogen) atoms. The van der Waals surface area contributed by atoms with Gasteiger partial charge in [-0.1, -0.05) is 0 Å². The van der Waals surface area contributed by atoms with Crippen molar-refractivity contribution in [2.45, 2.75) is 12.8 Å². The highest BCUT2D eigenvalue weighted by Crippen LogP contribution is 2.30. The molecule has 10 heteroatoms. The van der Waals surface area contributed by atoms with Crippen molar-refractivity contribution < 1.29 is 27.9 Å². The summed E-state index contributed by atoms with van der Waals surface area (Å²) in [6.07, 6.45) is 5.16. The van der Waals surface area contributed by atoms with E-state index in [0.717, 1.165) is 0 Å². The molecule has 0 bridgehead atoms. The van der Waals surface area contributed by atoms with Crippen LogP contribution in [0.2, 0.25) is 0 Å². The highest BCUT2D eigenvalue weighted by Gasteiger charge is 2.40. The van der Waals surface area contributed by atoms with Crippen LogP contribution in [0.25, 0.3) is 0 Å². The number of nitrogens with one attached hydrogen (secondary N) is 1. The van der Waals surface area contributed by atoms with Gasteiger partial charge >= 0.3 is 5.97 Å². The molecule has 1 amide bonds. The lowest BCUT2D eigenvalue weighted by molar-refractivity contribution is -0.154. The molecule has 3 aliphatic heterocycles. The Morgan fingerprint density at radius 1 is 1.32 bits per heavy atom. The van der Waals surface area contributed by atoms with Gasteiger partial charge in [0.05, 0.1) is 16.7 Å². The van der Waals surface area contributed by atoms with Crippen molar-refractivity contribution in [3.05, 3.63) is 23.9 Å². The van der Waals surface area contributed by atoms with Crippen LogP contribution < -0.4 is 5.32 Å². The van der Waals surface area contributed by atoms with E-state index < -0.39 is 27.3 Å². The summed E-state index contributed by atoms with van der Waals surface area (Å²) in [5, 5.41) is 12.2. The molecule has 3 heterocycles. The normalized spacial score (nSPS) is 23.9. The number of hydrogen-bond donors (Lipinski definition) is 2. The molecule has 0 radical (unpaired) electrons. The van der Waals surface area contributed by atoms with Gasteiger partial charge in [0.15, 0.2) is 0 Å². The van der Waals surface area contributed by atoms with Gasteiger partial charge in [-0.05, 0) is 25.0 Å². The first-order valence-corrected chi connectivity index (χ1v) is 9.51. The van der Waals surface area contributed by atoms with Gasteiger partial charge in [0.25, 0.3) is 15.9 Å². The molecule has 0 aromatic carbocycles. The molecule has 0 saturated carbocycles. The highest BCUT2D eigenvalue weighted by atomic mass is 32.2. The van der Waals surface area contributed by atoms with Crippen molar-refractivity contribution in [2.75, 3.05) is 32.1 Å². The number of carboxylic acid groups (broad SMARTS) is 1. The Bertz CT molecular complexity index is 777. The molecule has 0 spiro atoms. The monoisotopic (exact) mass is 369 g/mol. The van der Waals surface area contributed by atoms with Crippen LogP contribution in [-0.2, 0) is 24.3 Å². The lowest BCUT2D eigenvalue weighted by Crippen LogP contribution is -2.47. The van der Waals surface area contributed by atoms with Crippen molar-refractivity contribution in [1.82, 2.24) is 10.2 Å². The third-order valence-corrected chi connectivity index (χ3v) is 5.74. The van der Waals surface area contributed by atoms with Crippen LogP contribution in [-0.4, -0.2) is 68.2 Å². The fourth-order valence-electron chi connectivity index (χ4n) is 2.92. The molecule has 3 rings (SSSR count). The number of carboxylic acids is 1. The maximum absolute atomic E-state index is 12.4. The lowest BCUT2D eigenvalue weighted by Gasteiger charge is -2.33. The predicted molar refractivity (Wildman–Crippen MR) is 88.3 cm³/mol. The van der Waals surface area contributed by atoms with Gasteiger partial charge in [-0.25, -0.2) is 8.42 Å². The van der Waals surface area contributed by atoms with Crippen molar-refractivity contribution in [2.24, 2.45) is 9.81 Å². The third kappa shape index (κ3) is 3.74. The van der Waals surface area contributed by atoms with Crippen molar-refractivity contribution >= 4 is 27.7 Å². The number of rotatable bonds is 4. The second-order valence-electron chi connectivity index (χ2n) is 6.23. The van der Waals surface area contributed by atoms with Gasteiger partial charge in [-0.2, -0.15) is 0 Å². The number of carbonyl (C=O) groups is 2. The fourth-order valence-corrected chi connectivity index (χ4v) is 3.88. The summed E-state index contributed by atoms with van der Waals surface area (Å²) in [6, 6.07) is 0. The van der Waals surface area contributed by atoms with Crippen LogP contribution in [0.5, 0.6) is 0 Å². The van der Waals surface area contributed by atoms with Crippen LogP contribution in [0.4, 0.5) is 0 Å². The molecule has 3 aliphatic rings. The largest absolute Gasteiger partial charge is 0.481 e. The van der Waals surface area contributed by atoms with Crippen molar-refractivity contribution in [3.8, 4) is 0 Å². The second kappa shape index (κ2) is 6.60. The Morgan fingerprint density at radius 3 is 2.72 bits per heavy atom. The maximum Gasteiger partial charge on any atom is 0.311 e. The third-order valence-electron chi connectivity index (χ3n) is 4.58. The predicted octanol–water partition coefficient (Wildman–Crippen LogP) is -0.518. The highest BCUT2D eigenvalue weighted by molar-refractivity contribution is 7.90. The van der Waals surface area contributed by atoms with Gasteiger partial charge in [0.1, 0.15) is 5.84 Å². The fraction of sp³-hybridized carbons (Fsp3) is 0.533. The molecule has 0 aromatic heterocycles. The summed E-state index contributed by atoms with van der Waals surface area (Å²) in [6.45, 7) is 0.948. The smallest absolute Gasteiger partial charge is 0.311 e. The minimum atomic E-state index is -3.45. The Kier molecular flexibility index (Phi) is 4.65. The van der Waals surface area contributed by atoms with E-state index in [1.165, 1.54) is 18.4 Å². The molecule has 1 fully saturated rings. The standard InChI is InChI=1S/C15H19N3O6S/c19-13(16-10-15(14(20)21)3-6-24-7-4-15)11-1-2-12-17-25(22,23)8-5-18(12)9-11/h1-2,9H,3-8,10H2,(H,16,19)(H,20,21). The van der Waals surface area contributed by atoms with E-state index in [1.807, 2.05) is 0 Å². The second-order valence-corrected chi connectivity index (χ2v) is 7.98. The van der Waals surface area contributed by atoms with E-state index in [1.54, 1.807) is 4.90 Å². The number of amides is 1. The summed E-state index contributed by atoms with van der Waals surface area (Å²) in [5.74, 6) is -1.19. The first-order chi connectivity index (χ1) is 11.8. The number of amidine groups is 1. The van der Waals surface area contributed by atoms with Crippen LogP contribution in [0.3, 0.4) is 0 Å². The van der Waals surface area contributed by atoms with Gasteiger partial charge in [0, 0.05) is 32.5 Å². The van der Waals surface area contributed by atoms with E-state index in [-0.39, 0.29) is 24.7 Å². The summed E-state index contributed by atoms with van der Waals surface area (Å²) in [4.78, 5) is 25.6. The Hall–Kier alpha value is -2.20. The minimum Gasteiger partial charge on any atom is -0.481 e. The Morgan fingerprint density at radius 2 is 2.04 bits per heavy atom. The van der Waals surface area contributed by atoms with Crippen molar-refractivity contribution in [1.29, 1.82) is 0 Å². The lowest BCUT2D eigenvalue weighted by atomic mass is 9.80. The van der Waals surface area contributed by atoms with Gasteiger partial charge < -0.3 is 20.1 Å². The first-order valence-electron chi connectivity index (χ1n) is 7.90. The molecular formula is C15H19N3O6S. The zero-order chi connectivity index (χ0) is 18.1. The van der Waals surface area contributed by atoms with Crippen LogP contribution in [0.1, 0.15) is 12.8 Å². The molecule has 0 unspecified atom stereocenters. The van der Waals surface area contributed by atoms with Crippen LogP contribution >= 0.6 is 0 Å². The molecule has 2 N–H and O–H groups in total. The number of fused-ring (bicyclic) bond motifs is 1. The summed E-state index contributed by atoms with van der Waals surface area (Å²) < 4.78 is 31.8. The quantitative estimate of drug-likeness (QED) is 0.683. The van der Waals surface area contributed by atoms with E-state index in [9.17, 15) is 23.1 Å². The molecule has 0 aromatic rings. The van der Waals surface area contributed by atoms with Gasteiger partial charge in [-0.3, -0.25) is 9.59 Å². The van der Waals surface area contributed by atoms with Crippen molar-refractivity contribution in [3.63, 3.8) is 0 Å². The topological polar surface area (TPSA) is 125 Å². The molecule has 9 nitrogen and oxygen atoms in total. The van der Waals surface area contributed by atoms with Crippen LogP contribution in [0, 0.1) is 5.41 Å². The summed E-state index contributed by atoms with van der Waals surface area (Å²) >= 11 is 0. The zero-order valence-electron chi connectivity index (χ0n) is 13.5. The number of aliphatic carboxylic acids is 1. The zero-order valence-corrected chi connectivity index (χ0v) is 14.3. The molecule has 1 saturated heterocycles. The molecule has 0 atom stereocenters. The summed E-state index contributed by atoms with van der Waals surface area (Å²) in [5.41, 5.74) is -0.690. The average molecular weight is 369 g/mol. The number of hydrogen-bond acceptors (Lipinski definition) is 6. The molecule has 0 aliphatic carbocycles. The minimum absolute atomic E-state index is 0.0189. The van der Waals surface area contributed by atoms with Gasteiger partial charge in [0.2, 0.25) is 0 Å². The van der Waals surface area contributed by atoms with E-state index in [0.29, 0.717) is 31.6 Å². The maximum atomic E-state index is 12.4. The van der Waals surface area contributed by atoms with E-state index in [2.05, 4.69) is 9.71 Å². The molecular weight excluding hydrogens is 350 g/mol. The van der Waals surface area contributed by atoms with E-state index in [4.69, 9.17) is 4.74 Å². The van der Waals surface area contributed by atoms with Crippen LogP contribution in [0.15, 0.2) is 28.3 Å². The van der Waals surface area contributed by atoms with Gasteiger partial charge in [-0.15, -0.1) is 4.40 Å². The number of ether oxygens (including phenoxy) is 1. The Balaban J connectivity index is 1.67. The number of carbonyl (C=O) groups excluding carboxylic acids is 1. The number of nitrogens with zero attached hydrogens (tertiary/aromatic N) is 2. The molecule has 136 valence electrons. The average Bonchev–Trinajstić information content (AvgIpc) is 2.59. The number of sulfonamides is 1.